The van der Waals surface area contributed by atoms with Crippen LogP contribution in [0, 0.1) is 0 Å². The summed E-state index contributed by atoms with van der Waals surface area (Å²) < 4.78 is 16.5. The third-order valence-corrected chi connectivity index (χ3v) is 4.97. The van der Waals surface area contributed by atoms with Crippen LogP contribution >= 0.6 is 0 Å². The largest absolute Gasteiger partial charge is 0.497 e. The number of ether oxygens (including phenoxy) is 2. The minimum Gasteiger partial charge on any atom is -0.497 e. The predicted octanol–water partition coefficient (Wildman–Crippen LogP) is 5.55. The van der Waals surface area contributed by atoms with Crippen LogP contribution in [0.25, 0.3) is 23.1 Å². The summed E-state index contributed by atoms with van der Waals surface area (Å²) in [5, 5.41) is 3.74. The number of nitrogens with one attached hydrogen (secondary N) is 1. The van der Waals surface area contributed by atoms with E-state index in [1.165, 1.54) is 0 Å². The van der Waals surface area contributed by atoms with E-state index >= 15 is 0 Å². The maximum atomic E-state index is 12.6. The lowest BCUT2D eigenvalue weighted by molar-refractivity contribution is 0.0925. The van der Waals surface area contributed by atoms with E-state index in [4.69, 9.17) is 13.9 Å². The molecule has 3 aromatic carbocycles. The number of hydrogen-bond donors (Lipinski definition) is 1. The molecule has 5 heteroatoms. The summed E-state index contributed by atoms with van der Waals surface area (Å²) in [6.07, 6.45) is 3.98. The summed E-state index contributed by atoms with van der Waals surface area (Å²) in [5.74, 6) is 1.47. The average Bonchev–Trinajstić information content (AvgIpc) is 3.26. The first-order valence-corrected chi connectivity index (χ1v) is 9.92. The number of methoxy groups -OCH3 is 2. The predicted molar refractivity (Wildman–Crippen MR) is 122 cm³/mol. The third-order valence-electron chi connectivity index (χ3n) is 4.97. The molecule has 0 spiro atoms. The topological polar surface area (TPSA) is 60.7 Å². The summed E-state index contributed by atoms with van der Waals surface area (Å²) >= 11 is 0. The standard InChI is InChI=1S/C26H23NO4/c1-29-21-12-9-18(10-13-21)8-11-20-14-22(30-2)15-24-23(20)16-25(31-24)26(28)27-17-19-6-4-3-5-7-19/h3-16H,17H2,1-2H3,(H,27,28)/b11-8+. The highest BCUT2D eigenvalue weighted by atomic mass is 16.5. The molecule has 1 amide bonds. The Morgan fingerprint density at radius 3 is 2.35 bits per heavy atom. The van der Waals surface area contributed by atoms with Crippen molar-refractivity contribution in [1.29, 1.82) is 0 Å². The Hall–Kier alpha value is -3.99. The van der Waals surface area contributed by atoms with Crippen molar-refractivity contribution in [1.82, 2.24) is 5.32 Å². The van der Waals surface area contributed by atoms with Gasteiger partial charge in [-0.2, -0.15) is 0 Å². The second-order valence-corrected chi connectivity index (χ2v) is 7.01. The average molecular weight is 413 g/mol. The van der Waals surface area contributed by atoms with Gasteiger partial charge in [0.1, 0.15) is 17.1 Å². The molecule has 0 bridgehead atoms. The van der Waals surface area contributed by atoms with E-state index in [2.05, 4.69) is 5.32 Å². The highest BCUT2D eigenvalue weighted by Gasteiger charge is 2.15. The summed E-state index contributed by atoms with van der Waals surface area (Å²) in [5.41, 5.74) is 3.55. The van der Waals surface area contributed by atoms with Crippen LogP contribution in [0.1, 0.15) is 27.2 Å². The summed E-state index contributed by atoms with van der Waals surface area (Å²) in [7, 11) is 3.25. The van der Waals surface area contributed by atoms with E-state index in [0.717, 1.165) is 27.8 Å². The molecule has 0 fully saturated rings. The zero-order chi connectivity index (χ0) is 21.6. The minimum atomic E-state index is -0.260. The molecule has 0 unspecified atom stereocenters. The van der Waals surface area contributed by atoms with Gasteiger partial charge < -0.3 is 19.2 Å². The normalized spacial score (nSPS) is 11.0. The lowest BCUT2D eigenvalue weighted by Gasteiger charge is -2.03. The molecule has 0 radical (unpaired) electrons. The van der Waals surface area contributed by atoms with Gasteiger partial charge in [0.15, 0.2) is 5.76 Å². The van der Waals surface area contributed by atoms with Crippen LogP contribution < -0.4 is 14.8 Å². The fourth-order valence-corrected chi connectivity index (χ4v) is 3.27. The fourth-order valence-electron chi connectivity index (χ4n) is 3.27. The number of carbonyl (C=O) groups excluding carboxylic acids is 1. The molecule has 0 saturated heterocycles. The van der Waals surface area contributed by atoms with E-state index in [1.807, 2.05) is 72.8 Å². The van der Waals surface area contributed by atoms with Crippen molar-refractivity contribution in [3.8, 4) is 11.5 Å². The molecular formula is C26H23NO4. The van der Waals surface area contributed by atoms with Crippen molar-refractivity contribution in [3.05, 3.63) is 95.2 Å². The van der Waals surface area contributed by atoms with Crippen LogP contribution in [-0.2, 0) is 6.54 Å². The number of rotatable bonds is 7. The van der Waals surface area contributed by atoms with Gasteiger partial charge in [0, 0.05) is 18.0 Å². The van der Waals surface area contributed by atoms with Crippen LogP contribution in [0.3, 0.4) is 0 Å². The molecule has 0 saturated carbocycles. The maximum Gasteiger partial charge on any atom is 0.287 e. The molecule has 0 atom stereocenters. The highest BCUT2D eigenvalue weighted by molar-refractivity contribution is 5.99. The van der Waals surface area contributed by atoms with E-state index in [0.29, 0.717) is 17.9 Å². The quantitative estimate of drug-likeness (QED) is 0.404. The van der Waals surface area contributed by atoms with Crippen LogP contribution in [0.15, 0.2) is 77.2 Å². The molecule has 1 heterocycles. The van der Waals surface area contributed by atoms with Crippen LogP contribution in [0.2, 0.25) is 0 Å². The molecule has 1 N–H and O–H groups in total. The Labute approximate surface area is 180 Å². The monoisotopic (exact) mass is 413 g/mol. The van der Waals surface area contributed by atoms with Crippen LogP contribution in [0.4, 0.5) is 0 Å². The first-order valence-electron chi connectivity index (χ1n) is 9.92. The van der Waals surface area contributed by atoms with E-state index < -0.39 is 0 Å². The second kappa shape index (κ2) is 9.22. The van der Waals surface area contributed by atoms with Gasteiger partial charge in [-0.05, 0) is 41.0 Å². The number of benzene rings is 3. The van der Waals surface area contributed by atoms with E-state index in [1.54, 1.807) is 26.4 Å². The summed E-state index contributed by atoms with van der Waals surface area (Å²) in [6.45, 7) is 0.435. The zero-order valence-electron chi connectivity index (χ0n) is 17.4. The van der Waals surface area contributed by atoms with Gasteiger partial charge in [-0.1, -0.05) is 54.6 Å². The van der Waals surface area contributed by atoms with Gasteiger partial charge in [0.25, 0.3) is 5.91 Å². The molecular weight excluding hydrogens is 390 g/mol. The number of fused-ring (bicyclic) bond motifs is 1. The van der Waals surface area contributed by atoms with E-state index in [9.17, 15) is 4.79 Å². The second-order valence-electron chi connectivity index (χ2n) is 7.01. The molecule has 0 aliphatic rings. The Morgan fingerprint density at radius 2 is 1.65 bits per heavy atom. The number of furan rings is 1. The Kier molecular flexibility index (Phi) is 6.03. The Balaban J connectivity index is 1.60. The third kappa shape index (κ3) is 4.78. The summed E-state index contributed by atoms with van der Waals surface area (Å²) in [6, 6.07) is 23.0. The van der Waals surface area contributed by atoms with Crippen molar-refractivity contribution in [2.24, 2.45) is 0 Å². The molecule has 0 aliphatic heterocycles. The van der Waals surface area contributed by atoms with Crippen molar-refractivity contribution in [2.75, 3.05) is 14.2 Å². The SMILES string of the molecule is COc1ccc(/C=C/c2cc(OC)cc3oc(C(=O)NCc4ccccc4)cc23)cc1. The van der Waals surface area contributed by atoms with Crippen LogP contribution in [0.5, 0.6) is 11.5 Å². The van der Waals surface area contributed by atoms with Crippen molar-refractivity contribution >= 4 is 29.0 Å². The van der Waals surface area contributed by atoms with Gasteiger partial charge in [-0.3, -0.25) is 4.79 Å². The van der Waals surface area contributed by atoms with Crippen LogP contribution in [-0.4, -0.2) is 20.1 Å². The van der Waals surface area contributed by atoms with Crippen molar-refractivity contribution in [3.63, 3.8) is 0 Å². The lowest BCUT2D eigenvalue weighted by Crippen LogP contribution is -2.22. The van der Waals surface area contributed by atoms with Gasteiger partial charge in [-0.15, -0.1) is 0 Å². The molecule has 5 nitrogen and oxygen atoms in total. The number of amides is 1. The first kappa shape index (κ1) is 20.3. The zero-order valence-corrected chi connectivity index (χ0v) is 17.4. The smallest absolute Gasteiger partial charge is 0.287 e. The molecule has 1 aromatic heterocycles. The van der Waals surface area contributed by atoms with E-state index in [-0.39, 0.29) is 11.7 Å². The Morgan fingerprint density at radius 1 is 0.903 bits per heavy atom. The molecule has 0 aliphatic carbocycles. The lowest BCUT2D eigenvalue weighted by atomic mass is 10.1. The molecule has 4 aromatic rings. The summed E-state index contributed by atoms with van der Waals surface area (Å²) in [4.78, 5) is 12.6. The molecule has 156 valence electrons. The fraction of sp³-hybridized carbons (Fsp3) is 0.115. The number of carbonyl (C=O) groups is 1. The van der Waals surface area contributed by atoms with Gasteiger partial charge >= 0.3 is 0 Å². The number of hydrogen-bond acceptors (Lipinski definition) is 4. The van der Waals surface area contributed by atoms with Gasteiger partial charge in [0.2, 0.25) is 0 Å². The Bertz CT molecular complexity index is 1210. The molecule has 4 rings (SSSR count). The molecule has 31 heavy (non-hydrogen) atoms. The van der Waals surface area contributed by atoms with Gasteiger partial charge in [-0.25, -0.2) is 0 Å². The van der Waals surface area contributed by atoms with Gasteiger partial charge in [0.05, 0.1) is 14.2 Å². The van der Waals surface area contributed by atoms with Crippen molar-refractivity contribution < 1.29 is 18.7 Å². The first-order chi connectivity index (χ1) is 15.2. The van der Waals surface area contributed by atoms with Crippen molar-refractivity contribution in [2.45, 2.75) is 6.54 Å². The maximum absolute atomic E-state index is 12.6. The minimum absolute atomic E-state index is 0.260. The highest BCUT2D eigenvalue weighted by Crippen LogP contribution is 2.30.